The quantitative estimate of drug-likeness (QED) is 0.475. The molecule has 4 heteroatoms. The van der Waals surface area contributed by atoms with E-state index in [-0.39, 0.29) is 17.8 Å². The van der Waals surface area contributed by atoms with Crippen molar-refractivity contribution in [3.8, 4) is 0 Å². The van der Waals surface area contributed by atoms with Gasteiger partial charge >= 0.3 is 0 Å². The highest BCUT2D eigenvalue weighted by Crippen LogP contribution is 2.66. The minimum atomic E-state index is -1.44. The van der Waals surface area contributed by atoms with Crippen molar-refractivity contribution in [3.63, 3.8) is 0 Å². The monoisotopic (exact) mass is 446 g/mol. The van der Waals surface area contributed by atoms with E-state index < -0.39 is 29.3 Å². The van der Waals surface area contributed by atoms with E-state index in [1.165, 1.54) is 5.57 Å². The van der Waals surface area contributed by atoms with Gasteiger partial charge in [-0.15, -0.1) is 0 Å². The van der Waals surface area contributed by atoms with Gasteiger partial charge in [0.1, 0.15) is 17.8 Å². The molecule has 3 saturated carbocycles. The molecule has 0 radical (unpaired) electrons. The average molecular weight is 447 g/mol. The van der Waals surface area contributed by atoms with Gasteiger partial charge in [0.25, 0.3) is 0 Å². The predicted molar refractivity (Wildman–Crippen MR) is 128 cm³/mol. The van der Waals surface area contributed by atoms with Crippen LogP contribution in [0.15, 0.2) is 23.3 Å². The molecule has 0 aromatic rings. The zero-order valence-corrected chi connectivity index (χ0v) is 21.0. The van der Waals surface area contributed by atoms with Crippen LogP contribution in [0.25, 0.3) is 0 Å². The molecule has 10 unspecified atom stereocenters. The predicted octanol–water partition coefficient (Wildman–Crippen LogP) is 4.61. The van der Waals surface area contributed by atoms with Crippen LogP contribution in [0.5, 0.6) is 0 Å². The number of allylic oxidation sites excluding steroid dienone is 3. The third kappa shape index (κ3) is 3.39. The van der Waals surface area contributed by atoms with Crippen molar-refractivity contribution in [2.45, 2.75) is 110 Å². The molecule has 0 saturated heterocycles. The first kappa shape index (κ1) is 24.4. The van der Waals surface area contributed by atoms with E-state index >= 15 is 0 Å². The molecule has 0 aliphatic heterocycles. The van der Waals surface area contributed by atoms with Crippen molar-refractivity contribution in [2.24, 2.45) is 40.4 Å². The van der Waals surface area contributed by atoms with Gasteiger partial charge in [-0.05, 0) is 79.1 Å². The highest BCUT2D eigenvalue weighted by Gasteiger charge is 2.67. The molecule has 0 aromatic heterocycles. The van der Waals surface area contributed by atoms with Gasteiger partial charge in [0.05, 0.1) is 6.10 Å². The molecule has 0 spiro atoms. The molecule has 4 nitrogen and oxygen atoms in total. The molecule has 0 bridgehead atoms. The largest absolute Gasteiger partial charge is 0.393 e. The van der Waals surface area contributed by atoms with Crippen LogP contribution in [-0.2, 0) is 0 Å². The highest BCUT2D eigenvalue weighted by atomic mass is 16.4. The molecule has 32 heavy (non-hydrogen) atoms. The summed E-state index contributed by atoms with van der Waals surface area (Å²) in [5, 5.41) is 44.4. The Morgan fingerprint density at radius 1 is 0.938 bits per heavy atom. The maximum atomic E-state index is 11.6. The van der Waals surface area contributed by atoms with Crippen LogP contribution >= 0.6 is 0 Å². The molecule has 0 aromatic carbocycles. The third-order valence-electron chi connectivity index (χ3n) is 10.7. The van der Waals surface area contributed by atoms with Gasteiger partial charge in [0.2, 0.25) is 0 Å². The number of aliphatic hydroxyl groups excluding tert-OH is 3. The SMILES string of the molecule is CC(C)C(C)C=CC(C)C1CCC2=C3C(O)C(O)C4(O)CC(O)CCC4(C)C3CCC21C. The van der Waals surface area contributed by atoms with Crippen LogP contribution in [-0.4, -0.2) is 44.3 Å². The molecule has 0 heterocycles. The molecule has 3 fully saturated rings. The zero-order valence-electron chi connectivity index (χ0n) is 21.0. The standard InChI is InChI=1S/C28H46O4/c1-16(2)17(3)7-8-18(4)20-9-10-21-23-22(12-13-26(20,21)5)27(6)14-11-19(29)15-28(27,32)25(31)24(23)30/h7-8,16-20,22,24-25,29-32H,9-15H2,1-6H3. The number of hydrogen-bond acceptors (Lipinski definition) is 4. The summed E-state index contributed by atoms with van der Waals surface area (Å²) >= 11 is 0. The zero-order chi connectivity index (χ0) is 23.6. The lowest BCUT2D eigenvalue weighted by Crippen LogP contribution is -2.70. The lowest BCUT2D eigenvalue weighted by Gasteiger charge is -2.63. The Bertz CT molecular complexity index is 786. The molecule has 4 aliphatic rings. The van der Waals surface area contributed by atoms with E-state index in [4.69, 9.17) is 0 Å². The Balaban J connectivity index is 1.69. The smallest absolute Gasteiger partial charge is 0.113 e. The van der Waals surface area contributed by atoms with Crippen molar-refractivity contribution in [1.29, 1.82) is 0 Å². The normalized spacial score (nSPS) is 48.5. The Kier molecular flexibility index (Phi) is 6.28. The lowest BCUT2D eigenvalue weighted by atomic mass is 9.45. The van der Waals surface area contributed by atoms with Gasteiger partial charge in [-0.1, -0.05) is 59.3 Å². The number of fused-ring (bicyclic) bond motifs is 4. The van der Waals surface area contributed by atoms with E-state index in [1.54, 1.807) is 0 Å². The molecule has 4 aliphatic carbocycles. The Labute approximate surface area is 194 Å². The van der Waals surface area contributed by atoms with Crippen LogP contribution in [0.4, 0.5) is 0 Å². The van der Waals surface area contributed by atoms with Gasteiger partial charge in [-0.25, -0.2) is 0 Å². The first-order chi connectivity index (χ1) is 14.9. The minimum absolute atomic E-state index is 0.0390. The first-order valence-corrected chi connectivity index (χ1v) is 13.0. The summed E-state index contributed by atoms with van der Waals surface area (Å²) in [6.07, 6.45) is 7.47. The van der Waals surface area contributed by atoms with Crippen molar-refractivity contribution in [1.82, 2.24) is 0 Å². The first-order valence-electron chi connectivity index (χ1n) is 13.0. The molecular weight excluding hydrogens is 400 g/mol. The summed E-state index contributed by atoms with van der Waals surface area (Å²) in [5.41, 5.74) is 0.483. The van der Waals surface area contributed by atoms with E-state index in [9.17, 15) is 20.4 Å². The minimum Gasteiger partial charge on any atom is -0.393 e. The maximum Gasteiger partial charge on any atom is 0.113 e. The summed E-state index contributed by atoms with van der Waals surface area (Å²) in [4.78, 5) is 0. The number of rotatable bonds is 4. The lowest BCUT2D eigenvalue weighted by molar-refractivity contribution is -0.248. The summed E-state index contributed by atoms with van der Waals surface area (Å²) in [6, 6.07) is 0. The summed E-state index contributed by atoms with van der Waals surface area (Å²) in [5.74, 6) is 2.28. The topological polar surface area (TPSA) is 80.9 Å². The Morgan fingerprint density at radius 3 is 2.28 bits per heavy atom. The summed E-state index contributed by atoms with van der Waals surface area (Å²) in [6.45, 7) is 13.6. The third-order valence-corrected chi connectivity index (χ3v) is 10.7. The molecular formula is C28H46O4. The summed E-state index contributed by atoms with van der Waals surface area (Å²) in [7, 11) is 0. The van der Waals surface area contributed by atoms with Gasteiger partial charge < -0.3 is 20.4 Å². The molecule has 10 atom stereocenters. The maximum absolute atomic E-state index is 11.6. The number of hydrogen-bond donors (Lipinski definition) is 4. The molecule has 4 N–H and O–H groups in total. The Morgan fingerprint density at radius 2 is 1.62 bits per heavy atom. The van der Waals surface area contributed by atoms with Crippen molar-refractivity contribution < 1.29 is 20.4 Å². The number of aliphatic hydroxyl groups is 4. The Hall–Kier alpha value is -0.680. The highest BCUT2D eigenvalue weighted by molar-refractivity contribution is 5.40. The van der Waals surface area contributed by atoms with E-state index in [2.05, 4.69) is 53.7 Å². The van der Waals surface area contributed by atoms with Gasteiger partial charge in [0.15, 0.2) is 0 Å². The van der Waals surface area contributed by atoms with Crippen LogP contribution in [0.3, 0.4) is 0 Å². The van der Waals surface area contributed by atoms with Crippen molar-refractivity contribution in [2.75, 3.05) is 0 Å². The average Bonchev–Trinajstić information content (AvgIpc) is 3.09. The van der Waals surface area contributed by atoms with Gasteiger partial charge in [-0.3, -0.25) is 0 Å². The summed E-state index contributed by atoms with van der Waals surface area (Å²) < 4.78 is 0. The van der Waals surface area contributed by atoms with Crippen molar-refractivity contribution in [3.05, 3.63) is 23.3 Å². The van der Waals surface area contributed by atoms with Crippen molar-refractivity contribution >= 4 is 0 Å². The van der Waals surface area contributed by atoms with Crippen LogP contribution < -0.4 is 0 Å². The van der Waals surface area contributed by atoms with E-state index in [0.717, 1.165) is 31.3 Å². The second-order valence-corrected chi connectivity index (χ2v) is 12.6. The van der Waals surface area contributed by atoms with Gasteiger partial charge in [0, 0.05) is 11.8 Å². The van der Waals surface area contributed by atoms with Crippen LogP contribution in [0, 0.1) is 40.4 Å². The second-order valence-electron chi connectivity index (χ2n) is 12.6. The molecule has 0 amide bonds. The fraction of sp³-hybridized carbons (Fsp3) is 0.857. The van der Waals surface area contributed by atoms with Crippen LogP contribution in [0.2, 0.25) is 0 Å². The second kappa shape index (κ2) is 8.22. The fourth-order valence-corrected chi connectivity index (χ4v) is 8.09. The van der Waals surface area contributed by atoms with Gasteiger partial charge in [-0.2, -0.15) is 0 Å². The van der Waals surface area contributed by atoms with E-state index in [1.807, 2.05) is 0 Å². The molecule has 182 valence electrons. The molecule has 4 rings (SSSR count). The van der Waals surface area contributed by atoms with Crippen LogP contribution in [0.1, 0.15) is 86.5 Å². The fourth-order valence-electron chi connectivity index (χ4n) is 8.09. The van der Waals surface area contributed by atoms with E-state index in [0.29, 0.717) is 36.5 Å².